The molecule has 5 heteroatoms. The summed E-state index contributed by atoms with van der Waals surface area (Å²) in [7, 11) is 3.55. The van der Waals surface area contributed by atoms with Crippen LogP contribution in [0.4, 0.5) is 4.39 Å². The van der Waals surface area contributed by atoms with Crippen molar-refractivity contribution in [2.24, 2.45) is 5.41 Å². The van der Waals surface area contributed by atoms with Crippen molar-refractivity contribution in [3.8, 4) is 0 Å². The number of nitrogens with zero attached hydrogens (tertiary/aromatic N) is 2. The number of halogens is 1. The van der Waals surface area contributed by atoms with Gasteiger partial charge in [0.25, 0.3) is 0 Å². The maximum atomic E-state index is 14.5. The number of likely N-dealkylation sites (tertiary alicyclic amines) is 1. The Hall–Kier alpha value is -1.46. The van der Waals surface area contributed by atoms with Crippen LogP contribution in [0.2, 0.25) is 0 Å². The lowest BCUT2D eigenvalue weighted by atomic mass is 9.61. The SMILES string of the molecule is CC.CC.COC(=O)c1cc(F)c2c(c1)CCN(C1CC3(CCCN(C)C3)C1)C2. The fourth-order valence-corrected chi connectivity index (χ4v) is 5.17. The minimum absolute atomic E-state index is 0.269. The molecule has 1 saturated carbocycles. The van der Waals surface area contributed by atoms with Gasteiger partial charge in [-0.3, -0.25) is 4.90 Å². The summed E-state index contributed by atoms with van der Waals surface area (Å²) >= 11 is 0. The molecular formula is C24H39FN2O2. The molecule has 4 rings (SSSR count). The lowest BCUT2D eigenvalue weighted by molar-refractivity contribution is -0.0491. The number of esters is 1. The molecule has 0 radical (unpaired) electrons. The second-order valence-electron chi connectivity index (χ2n) is 8.21. The Morgan fingerprint density at radius 3 is 2.48 bits per heavy atom. The van der Waals surface area contributed by atoms with Crippen molar-refractivity contribution in [2.75, 3.05) is 33.8 Å². The summed E-state index contributed by atoms with van der Waals surface area (Å²) in [5.74, 6) is -0.736. The van der Waals surface area contributed by atoms with Crippen molar-refractivity contribution in [3.63, 3.8) is 0 Å². The number of carbonyl (C=O) groups is 1. The highest BCUT2D eigenvalue weighted by molar-refractivity contribution is 5.89. The zero-order valence-corrected chi connectivity index (χ0v) is 19.2. The molecule has 1 aromatic rings. The Bertz CT molecular complexity index is 686. The molecule has 1 aliphatic carbocycles. The fraction of sp³-hybridized carbons (Fsp3) is 0.708. The number of benzene rings is 1. The van der Waals surface area contributed by atoms with Gasteiger partial charge in [-0.1, -0.05) is 27.7 Å². The smallest absolute Gasteiger partial charge is 0.337 e. The third kappa shape index (κ3) is 5.18. The van der Waals surface area contributed by atoms with Crippen LogP contribution in [-0.2, 0) is 17.7 Å². The molecule has 1 saturated heterocycles. The van der Waals surface area contributed by atoms with Crippen LogP contribution >= 0.6 is 0 Å². The van der Waals surface area contributed by atoms with E-state index < -0.39 is 5.97 Å². The highest BCUT2D eigenvalue weighted by Gasteiger charge is 2.48. The molecule has 3 aliphatic rings. The van der Waals surface area contributed by atoms with E-state index in [9.17, 15) is 9.18 Å². The van der Waals surface area contributed by atoms with Crippen molar-refractivity contribution < 1.29 is 13.9 Å². The van der Waals surface area contributed by atoms with Gasteiger partial charge in [-0.2, -0.15) is 0 Å². The molecule has 2 fully saturated rings. The van der Waals surface area contributed by atoms with Gasteiger partial charge >= 0.3 is 5.97 Å². The fourth-order valence-electron chi connectivity index (χ4n) is 5.17. The van der Waals surface area contributed by atoms with Crippen LogP contribution in [0.15, 0.2) is 12.1 Å². The van der Waals surface area contributed by atoms with Crippen molar-refractivity contribution >= 4 is 5.97 Å². The van der Waals surface area contributed by atoms with Gasteiger partial charge in [-0.15, -0.1) is 0 Å². The molecule has 29 heavy (non-hydrogen) atoms. The Morgan fingerprint density at radius 2 is 1.86 bits per heavy atom. The summed E-state index contributed by atoms with van der Waals surface area (Å²) in [5.41, 5.74) is 2.55. The van der Waals surface area contributed by atoms with Crippen LogP contribution in [0, 0.1) is 11.2 Å². The van der Waals surface area contributed by atoms with E-state index >= 15 is 0 Å². The molecule has 1 aromatic carbocycles. The van der Waals surface area contributed by atoms with E-state index in [0.717, 1.165) is 24.1 Å². The Balaban J connectivity index is 0.000000707. The molecule has 0 N–H and O–H groups in total. The number of ether oxygens (including phenoxy) is 1. The molecule has 0 aromatic heterocycles. The zero-order chi connectivity index (χ0) is 21.6. The monoisotopic (exact) mass is 406 g/mol. The molecule has 0 amide bonds. The maximum Gasteiger partial charge on any atom is 0.337 e. The van der Waals surface area contributed by atoms with Gasteiger partial charge in [-0.05, 0) is 68.8 Å². The van der Waals surface area contributed by atoms with Gasteiger partial charge in [0.2, 0.25) is 0 Å². The summed E-state index contributed by atoms with van der Waals surface area (Å²) < 4.78 is 19.3. The summed E-state index contributed by atoms with van der Waals surface area (Å²) in [6, 6.07) is 3.71. The zero-order valence-electron chi connectivity index (χ0n) is 19.2. The van der Waals surface area contributed by atoms with Crippen molar-refractivity contribution in [3.05, 3.63) is 34.6 Å². The topological polar surface area (TPSA) is 32.8 Å². The first kappa shape index (κ1) is 23.8. The predicted octanol–water partition coefficient (Wildman–Crippen LogP) is 4.90. The minimum Gasteiger partial charge on any atom is -0.465 e. The van der Waals surface area contributed by atoms with E-state index in [1.54, 1.807) is 6.07 Å². The van der Waals surface area contributed by atoms with Gasteiger partial charge in [0, 0.05) is 31.2 Å². The summed E-state index contributed by atoms with van der Waals surface area (Å²) in [4.78, 5) is 16.6. The lowest BCUT2D eigenvalue weighted by Gasteiger charge is -2.56. The number of hydrogen-bond acceptors (Lipinski definition) is 4. The van der Waals surface area contributed by atoms with Crippen LogP contribution in [-0.4, -0.2) is 55.6 Å². The second kappa shape index (κ2) is 10.5. The molecular weight excluding hydrogens is 367 g/mol. The number of methoxy groups -OCH3 is 1. The quantitative estimate of drug-likeness (QED) is 0.654. The molecule has 0 atom stereocenters. The number of rotatable bonds is 2. The average Bonchev–Trinajstić information content (AvgIpc) is 2.74. The largest absolute Gasteiger partial charge is 0.465 e. The van der Waals surface area contributed by atoms with Gasteiger partial charge in [0.15, 0.2) is 0 Å². The third-order valence-corrected chi connectivity index (χ3v) is 6.44. The minimum atomic E-state index is -0.466. The first-order valence-corrected chi connectivity index (χ1v) is 11.3. The molecule has 2 heterocycles. The summed E-state index contributed by atoms with van der Waals surface area (Å²) in [5, 5.41) is 0. The van der Waals surface area contributed by atoms with Gasteiger partial charge in [-0.25, -0.2) is 9.18 Å². The van der Waals surface area contributed by atoms with E-state index in [0.29, 0.717) is 23.6 Å². The standard InChI is InChI=1S/C20H27FN2O2.2C2H6/c1-22-6-3-5-20(13-22)10-16(11-20)23-7-4-14-8-15(19(24)25-2)9-18(21)17(14)12-23;2*1-2/h8-9,16H,3-7,10-13H2,1-2H3;2*1-2H3. The van der Waals surface area contributed by atoms with Crippen molar-refractivity contribution in [2.45, 2.75) is 72.4 Å². The van der Waals surface area contributed by atoms with Crippen molar-refractivity contribution in [1.82, 2.24) is 9.80 Å². The van der Waals surface area contributed by atoms with E-state index in [2.05, 4.69) is 16.8 Å². The van der Waals surface area contributed by atoms with E-state index in [1.807, 2.05) is 27.7 Å². The molecule has 4 nitrogen and oxygen atoms in total. The molecule has 0 unspecified atom stereocenters. The first-order valence-electron chi connectivity index (χ1n) is 11.3. The highest BCUT2D eigenvalue weighted by Crippen LogP contribution is 2.50. The maximum absolute atomic E-state index is 14.5. The Labute approximate surface area is 176 Å². The summed E-state index contributed by atoms with van der Waals surface area (Å²) in [6.07, 6.45) is 5.94. The normalized spacial score (nSPS) is 26.2. The van der Waals surface area contributed by atoms with E-state index in [4.69, 9.17) is 4.74 Å². The van der Waals surface area contributed by atoms with Crippen LogP contribution in [0.5, 0.6) is 0 Å². The van der Waals surface area contributed by atoms with Crippen molar-refractivity contribution in [1.29, 1.82) is 0 Å². The van der Waals surface area contributed by atoms with Crippen LogP contribution < -0.4 is 0 Å². The summed E-state index contributed by atoms with van der Waals surface area (Å²) in [6.45, 7) is 12.1. The first-order chi connectivity index (χ1) is 14.0. The molecule has 2 aliphatic heterocycles. The molecule has 0 bridgehead atoms. The number of piperidine rings is 1. The van der Waals surface area contributed by atoms with E-state index in [1.165, 1.54) is 51.9 Å². The Morgan fingerprint density at radius 1 is 1.17 bits per heavy atom. The molecule has 164 valence electrons. The third-order valence-electron chi connectivity index (χ3n) is 6.44. The highest BCUT2D eigenvalue weighted by atomic mass is 19.1. The van der Waals surface area contributed by atoms with Gasteiger partial charge in [0.1, 0.15) is 5.82 Å². The van der Waals surface area contributed by atoms with Crippen LogP contribution in [0.25, 0.3) is 0 Å². The lowest BCUT2D eigenvalue weighted by Crippen LogP contribution is -2.57. The predicted molar refractivity (Wildman–Crippen MR) is 117 cm³/mol. The van der Waals surface area contributed by atoms with Crippen LogP contribution in [0.1, 0.15) is 74.9 Å². The number of fused-ring (bicyclic) bond motifs is 1. The average molecular weight is 407 g/mol. The number of hydrogen-bond donors (Lipinski definition) is 0. The van der Waals surface area contributed by atoms with Crippen LogP contribution in [0.3, 0.4) is 0 Å². The number of carbonyl (C=O) groups excluding carboxylic acids is 1. The van der Waals surface area contributed by atoms with E-state index in [-0.39, 0.29) is 5.82 Å². The van der Waals surface area contributed by atoms with Gasteiger partial charge in [0.05, 0.1) is 12.7 Å². The molecule has 1 spiro atoms. The Kier molecular flexibility index (Phi) is 8.65. The van der Waals surface area contributed by atoms with Gasteiger partial charge < -0.3 is 9.64 Å². The second-order valence-corrected chi connectivity index (χ2v) is 8.21.